The molecule has 0 spiro atoms. The van der Waals surface area contributed by atoms with E-state index in [4.69, 9.17) is 4.84 Å². The van der Waals surface area contributed by atoms with Crippen LogP contribution in [-0.4, -0.2) is 56.4 Å². The molecule has 0 rings (SSSR count). The zero-order valence-electron chi connectivity index (χ0n) is 26.5. The van der Waals surface area contributed by atoms with Gasteiger partial charge in [-0.3, -0.25) is 14.4 Å². The van der Waals surface area contributed by atoms with E-state index in [0.717, 1.165) is 70.8 Å². The zero-order chi connectivity index (χ0) is 28.7. The minimum Gasteiger partial charge on any atom is -0.534 e. The van der Waals surface area contributed by atoms with Crippen LogP contribution in [-0.2, 0) is 19.2 Å². The molecule has 0 aliphatic rings. The van der Waals surface area contributed by atoms with Gasteiger partial charge in [-0.25, -0.2) is 0 Å². The molecule has 9 heteroatoms. The molecule has 222 valence electrons. The number of Topliss-reactive ketones (excluding diaryl/α,β-unsaturated/α-hetero) is 1. The number of rotatable bonds is 23. The second-order valence-electron chi connectivity index (χ2n) is 8.73. The van der Waals surface area contributed by atoms with Gasteiger partial charge in [-0.1, -0.05) is 73.6 Å². The van der Waals surface area contributed by atoms with Crippen LogP contribution < -0.4 is 67.3 Å². The van der Waals surface area contributed by atoms with Crippen LogP contribution in [0.15, 0.2) is 0 Å². The number of amides is 2. The molecule has 3 N–H and O–H groups in total. The van der Waals surface area contributed by atoms with Gasteiger partial charge >= 0.3 is 51.4 Å². The summed E-state index contributed by atoms with van der Waals surface area (Å²) in [5.41, 5.74) is 4.11. The minimum atomic E-state index is -0.717. The molecule has 0 saturated heterocycles. The number of hydrogen-bond donors (Lipinski definition) is 3. The minimum absolute atomic E-state index is 0. The zero-order valence-corrected chi connectivity index (χ0v) is 29.7. The van der Waals surface area contributed by atoms with Gasteiger partial charge in [0.1, 0.15) is 6.10 Å². The molecule has 0 aliphatic carbocycles. The molecule has 0 radical (unpaired) electrons. The molecule has 0 aromatic heterocycles. The summed E-state index contributed by atoms with van der Waals surface area (Å²) in [6, 6.07) is -0.497. The molecule has 0 aromatic carbocycles. The number of carbonyl (C=O) groups excluding carboxylic acids is 3. The third-order valence-electron chi connectivity index (χ3n) is 5.55. The average molecular weight is 569 g/mol. The van der Waals surface area contributed by atoms with Crippen molar-refractivity contribution in [1.82, 2.24) is 16.0 Å². The number of hydrogen-bond acceptors (Lipinski definition) is 5. The van der Waals surface area contributed by atoms with E-state index in [1.54, 1.807) is 0 Å². The Morgan fingerprint density at radius 3 is 1.95 bits per heavy atom. The number of unbranched alkanes of at least 4 members (excludes halogenated alkanes) is 6. The first-order chi connectivity index (χ1) is 18.0. The number of hydroxylamine groups is 1. The van der Waals surface area contributed by atoms with Gasteiger partial charge in [0.15, 0.2) is 5.78 Å². The van der Waals surface area contributed by atoms with Crippen molar-refractivity contribution < 1.29 is 70.6 Å². The summed E-state index contributed by atoms with van der Waals surface area (Å²) in [5.74, 6) is -0.244. The fourth-order valence-electron chi connectivity index (χ4n) is 3.40. The second-order valence-corrected chi connectivity index (χ2v) is 8.73. The smallest absolute Gasteiger partial charge is 0.534 e. The van der Waals surface area contributed by atoms with E-state index in [-0.39, 0.29) is 69.0 Å². The number of nitrogens with zero attached hydrogens (tertiary/aromatic N) is 1. The van der Waals surface area contributed by atoms with Gasteiger partial charge in [-0.15, -0.1) is 6.54 Å². The molecule has 0 bridgehead atoms. The van der Waals surface area contributed by atoms with Crippen molar-refractivity contribution in [2.24, 2.45) is 0 Å². The summed E-state index contributed by atoms with van der Waals surface area (Å²) in [6.45, 7) is 15.8. The van der Waals surface area contributed by atoms with E-state index in [0.29, 0.717) is 32.4 Å². The van der Waals surface area contributed by atoms with Gasteiger partial charge in [0, 0.05) is 13.0 Å². The predicted octanol–water partition coefficient (Wildman–Crippen LogP) is 3.24. The van der Waals surface area contributed by atoms with Crippen molar-refractivity contribution in [2.75, 3.05) is 26.7 Å². The fourth-order valence-corrected chi connectivity index (χ4v) is 3.40. The number of ketones is 1. The average Bonchev–Trinajstić information content (AvgIpc) is 2.91. The molecule has 38 heavy (non-hydrogen) atoms. The summed E-state index contributed by atoms with van der Waals surface area (Å²) < 4.78 is 0. The number of nitrogens with one attached hydrogen (secondary N) is 3. The Hall–Kier alpha value is 0.126. The first-order valence-electron chi connectivity index (χ1n) is 15.0. The molecule has 0 saturated carbocycles. The molecule has 0 aromatic rings. The largest absolute Gasteiger partial charge is 1.00 e. The summed E-state index contributed by atoms with van der Waals surface area (Å²) >= 11 is 0. The van der Waals surface area contributed by atoms with Crippen molar-refractivity contribution >= 4 is 17.6 Å². The first-order valence-corrected chi connectivity index (χ1v) is 15.0. The van der Waals surface area contributed by atoms with Crippen molar-refractivity contribution in [2.45, 2.75) is 144 Å². The van der Waals surface area contributed by atoms with E-state index in [9.17, 15) is 14.4 Å². The quantitative estimate of drug-likeness (QED) is 0.0996. The Bertz CT molecular complexity index is 525. The third kappa shape index (κ3) is 30.7. The molecule has 2 unspecified atom stereocenters. The van der Waals surface area contributed by atoms with Gasteiger partial charge in [0.2, 0.25) is 11.8 Å². The Kier molecular flexibility index (Phi) is 44.1. The van der Waals surface area contributed by atoms with Gasteiger partial charge in [0.25, 0.3) is 0 Å². The summed E-state index contributed by atoms with van der Waals surface area (Å²) in [4.78, 5) is 42.3. The van der Waals surface area contributed by atoms with Crippen molar-refractivity contribution in [3.63, 3.8) is 0 Å². The molecule has 8 nitrogen and oxygen atoms in total. The van der Waals surface area contributed by atoms with E-state index < -0.39 is 12.1 Å². The van der Waals surface area contributed by atoms with Crippen molar-refractivity contribution in [3.8, 4) is 0 Å². The molecular weight excluding hydrogens is 507 g/mol. The van der Waals surface area contributed by atoms with Crippen LogP contribution in [0.3, 0.4) is 0 Å². The van der Waals surface area contributed by atoms with Crippen LogP contribution in [0.2, 0.25) is 0 Å². The van der Waals surface area contributed by atoms with Gasteiger partial charge in [-0.2, -0.15) is 0 Å². The van der Waals surface area contributed by atoms with E-state index in [1.807, 2.05) is 34.7 Å². The Morgan fingerprint density at radius 1 is 0.789 bits per heavy atom. The van der Waals surface area contributed by atoms with Crippen molar-refractivity contribution in [3.05, 3.63) is 5.48 Å². The molecular formula is C29H61KN4O4. The first kappa shape index (κ1) is 45.1. The standard InChI is InChI=1S/C25H49N4O4.2C2H6.K/c1-5-7-9-17-24(31)27-19-14-11-16-23(33-28-20-12-8-6-2)25(32)29-22(21(3)30)15-10-13-18-26-4;2*1-2;/h22-23,26H,5-20H2,1-4H3,(H,27,31)(H,29,32);2*1-2H3;/q-1;;;+1. The maximum absolute atomic E-state index is 12.9. The van der Waals surface area contributed by atoms with Crippen LogP contribution in [0, 0.1) is 0 Å². The van der Waals surface area contributed by atoms with E-state index >= 15 is 0 Å². The summed E-state index contributed by atoms with van der Waals surface area (Å²) in [6.07, 6.45) is 10.5. The molecule has 2 atom stereocenters. The maximum Gasteiger partial charge on any atom is 1.00 e. The summed E-state index contributed by atoms with van der Waals surface area (Å²) in [7, 11) is 1.90. The number of carbonyl (C=O) groups is 3. The molecule has 0 aliphatic heterocycles. The predicted molar refractivity (Wildman–Crippen MR) is 157 cm³/mol. The van der Waals surface area contributed by atoms with Crippen LogP contribution in [0.5, 0.6) is 0 Å². The van der Waals surface area contributed by atoms with Crippen LogP contribution in [0.25, 0.3) is 5.48 Å². The Labute approximate surface area is 278 Å². The van der Waals surface area contributed by atoms with E-state index in [2.05, 4.69) is 35.3 Å². The van der Waals surface area contributed by atoms with Crippen LogP contribution in [0.1, 0.15) is 132 Å². The molecule has 0 fully saturated rings. The van der Waals surface area contributed by atoms with E-state index in [1.165, 1.54) is 6.92 Å². The Morgan fingerprint density at radius 2 is 1.37 bits per heavy atom. The van der Waals surface area contributed by atoms with Crippen molar-refractivity contribution in [1.29, 1.82) is 0 Å². The SMILES string of the molecule is CC.CC.CCCCC[N-]OC(CCCCNC(=O)CCCCC)C(=O)NC(CCCCNC)C(C)=O.[K+]. The topological polar surface area (TPSA) is 111 Å². The maximum atomic E-state index is 12.9. The fraction of sp³-hybridized carbons (Fsp3) is 0.897. The van der Waals surface area contributed by atoms with Gasteiger partial charge in [-0.05, 0) is 65.5 Å². The second kappa shape index (κ2) is 37.1. The monoisotopic (exact) mass is 568 g/mol. The normalized spacial score (nSPS) is 11.5. The molecule has 2 amide bonds. The van der Waals surface area contributed by atoms with Gasteiger partial charge < -0.3 is 26.3 Å². The van der Waals surface area contributed by atoms with Crippen LogP contribution >= 0.6 is 0 Å². The third-order valence-corrected chi connectivity index (χ3v) is 5.55. The van der Waals surface area contributed by atoms with Gasteiger partial charge in [0.05, 0.1) is 6.04 Å². The molecule has 0 heterocycles. The van der Waals surface area contributed by atoms with Crippen LogP contribution in [0.4, 0.5) is 0 Å². The summed E-state index contributed by atoms with van der Waals surface area (Å²) in [5, 5.41) is 8.90. The Balaban J connectivity index is -0.00000110.